The number of carbonyl (C=O) groups excluding carboxylic acids is 1. The van der Waals surface area contributed by atoms with E-state index in [-0.39, 0.29) is 0 Å². The highest BCUT2D eigenvalue weighted by Gasteiger charge is 2.03. The maximum Gasteiger partial charge on any atom is 0.161 e. The summed E-state index contributed by atoms with van der Waals surface area (Å²) in [5, 5.41) is 3.31. The standard InChI is InChI=1S/C18H22N2O2.C7H6O.C2H6/c1-13-5-4-6-16(9-13)20-12-15(19)10-14-7-8-17(21-2)18(11-14)22-3;8-6-7-4-2-1-3-5-7;1-2/h4-11,20H,12,19H2,1-3H3;1-6H;1-2H3/b15-10-;;. The van der Waals surface area contributed by atoms with E-state index in [1.807, 2.05) is 68.5 Å². The van der Waals surface area contributed by atoms with Crippen molar-refractivity contribution in [3.8, 4) is 11.5 Å². The zero-order valence-corrected chi connectivity index (χ0v) is 19.6. The van der Waals surface area contributed by atoms with Crippen molar-refractivity contribution in [1.82, 2.24) is 0 Å². The van der Waals surface area contributed by atoms with Crippen LogP contribution in [0.3, 0.4) is 0 Å². The summed E-state index contributed by atoms with van der Waals surface area (Å²) in [7, 11) is 3.24. The first-order valence-corrected chi connectivity index (χ1v) is 10.5. The van der Waals surface area contributed by atoms with Gasteiger partial charge >= 0.3 is 0 Å². The van der Waals surface area contributed by atoms with Gasteiger partial charge in [-0.15, -0.1) is 0 Å². The fraction of sp³-hybridized carbons (Fsp3) is 0.222. The molecule has 0 unspecified atom stereocenters. The molecule has 0 aliphatic rings. The highest BCUT2D eigenvalue weighted by Crippen LogP contribution is 2.28. The summed E-state index contributed by atoms with van der Waals surface area (Å²) < 4.78 is 10.5. The number of hydrogen-bond donors (Lipinski definition) is 2. The molecule has 0 spiro atoms. The van der Waals surface area contributed by atoms with Gasteiger partial charge in [0.2, 0.25) is 0 Å². The third-order valence-electron chi connectivity index (χ3n) is 4.21. The molecule has 0 fully saturated rings. The summed E-state index contributed by atoms with van der Waals surface area (Å²) in [6, 6.07) is 23.0. The van der Waals surface area contributed by atoms with E-state index in [0.717, 1.165) is 28.8 Å². The molecule has 0 aliphatic carbocycles. The smallest absolute Gasteiger partial charge is 0.161 e. The molecule has 170 valence electrons. The second kappa shape index (κ2) is 15.1. The van der Waals surface area contributed by atoms with Crippen LogP contribution in [0, 0.1) is 6.92 Å². The zero-order valence-electron chi connectivity index (χ0n) is 19.6. The Balaban J connectivity index is 0.000000427. The molecule has 3 aromatic rings. The Morgan fingerprint density at radius 3 is 2.12 bits per heavy atom. The predicted octanol–water partition coefficient (Wildman–Crippen LogP) is 5.95. The highest BCUT2D eigenvalue weighted by molar-refractivity contribution is 5.74. The summed E-state index contributed by atoms with van der Waals surface area (Å²) in [5.74, 6) is 1.40. The van der Waals surface area contributed by atoms with Crippen LogP contribution in [0.25, 0.3) is 6.08 Å². The van der Waals surface area contributed by atoms with Crippen molar-refractivity contribution in [3.63, 3.8) is 0 Å². The molecule has 3 rings (SSSR count). The van der Waals surface area contributed by atoms with Gasteiger partial charge in [-0.25, -0.2) is 0 Å². The Morgan fingerprint density at radius 1 is 0.875 bits per heavy atom. The second-order valence-corrected chi connectivity index (χ2v) is 6.59. The summed E-state index contributed by atoms with van der Waals surface area (Å²) in [5.41, 5.74) is 10.8. The van der Waals surface area contributed by atoms with Gasteiger partial charge in [-0.3, -0.25) is 4.79 Å². The van der Waals surface area contributed by atoms with E-state index in [1.165, 1.54) is 5.56 Å². The predicted molar refractivity (Wildman–Crippen MR) is 135 cm³/mol. The molecule has 0 aromatic heterocycles. The second-order valence-electron chi connectivity index (χ2n) is 6.59. The van der Waals surface area contributed by atoms with E-state index in [1.54, 1.807) is 26.4 Å². The van der Waals surface area contributed by atoms with Gasteiger partial charge in [0.05, 0.1) is 20.8 Å². The van der Waals surface area contributed by atoms with Crippen LogP contribution in [-0.2, 0) is 0 Å². The molecule has 0 saturated carbocycles. The number of rotatable bonds is 7. The van der Waals surface area contributed by atoms with E-state index >= 15 is 0 Å². The monoisotopic (exact) mass is 434 g/mol. The molecular formula is C27H34N2O3. The van der Waals surface area contributed by atoms with Crippen LogP contribution in [-0.4, -0.2) is 27.1 Å². The minimum atomic E-state index is 0.581. The highest BCUT2D eigenvalue weighted by atomic mass is 16.5. The quantitative estimate of drug-likeness (QED) is 0.450. The molecule has 0 radical (unpaired) electrons. The summed E-state index contributed by atoms with van der Waals surface area (Å²) in [6.45, 7) is 6.64. The van der Waals surface area contributed by atoms with Crippen LogP contribution in [0.2, 0.25) is 0 Å². The summed E-state index contributed by atoms with van der Waals surface area (Å²) in [4.78, 5) is 10.0. The molecule has 0 bridgehead atoms. The van der Waals surface area contributed by atoms with Gasteiger partial charge in [0.25, 0.3) is 0 Å². The number of nitrogens with one attached hydrogen (secondary N) is 1. The molecule has 3 N–H and O–H groups in total. The number of hydrogen-bond acceptors (Lipinski definition) is 5. The largest absolute Gasteiger partial charge is 0.493 e. The van der Waals surface area contributed by atoms with Crippen molar-refractivity contribution in [2.75, 3.05) is 26.1 Å². The van der Waals surface area contributed by atoms with Crippen molar-refractivity contribution in [3.05, 3.63) is 95.2 Å². The number of aryl methyl sites for hydroxylation is 1. The van der Waals surface area contributed by atoms with E-state index in [2.05, 4.69) is 24.4 Å². The third kappa shape index (κ3) is 9.39. The fourth-order valence-electron chi connectivity index (χ4n) is 2.70. The summed E-state index contributed by atoms with van der Waals surface area (Å²) >= 11 is 0. The van der Waals surface area contributed by atoms with Gasteiger partial charge in [-0.05, 0) is 48.4 Å². The van der Waals surface area contributed by atoms with Crippen LogP contribution >= 0.6 is 0 Å². The number of anilines is 1. The van der Waals surface area contributed by atoms with Crippen molar-refractivity contribution < 1.29 is 14.3 Å². The normalized spacial score (nSPS) is 9.97. The molecule has 0 aliphatic heterocycles. The summed E-state index contributed by atoms with van der Waals surface area (Å²) in [6.07, 6.45) is 2.75. The molecule has 0 amide bonds. The SMILES string of the molecule is CC.COc1ccc(/C=C(\N)CNc2cccc(C)c2)cc1OC.O=Cc1ccccc1. The molecule has 0 atom stereocenters. The lowest BCUT2D eigenvalue weighted by Crippen LogP contribution is -2.11. The van der Waals surface area contributed by atoms with Crippen molar-refractivity contribution >= 4 is 18.0 Å². The molecule has 5 heteroatoms. The first-order valence-electron chi connectivity index (χ1n) is 10.5. The molecule has 32 heavy (non-hydrogen) atoms. The Kier molecular flexibility index (Phi) is 12.4. The van der Waals surface area contributed by atoms with Gasteiger partial charge in [-0.1, -0.05) is 62.4 Å². The minimum Gasteiger partial charge on any atom is -0.493 e. The maximum atomic E-state index is 10.0. The number of ether oxygens (including phenoxy) is 2. The Labute approximate surface area is 191 Å². The number of methoxy groups -OCH3 is 2. The minimum absolute atomic E-state index is 0.581. The Bertz CT molecular complexity index is 970. The number of carbonyl (C=O) groups is 1. The molecule has 5 nitrogen and oxygen atoms in total. The van der Waals surface area contributed by atoms with E-state index in [9.17, 15) is 4.79 Å². The van der Waals surface area contributed by atoms with Crippen LogP contribution in [0.5, 0.6) is 11.5 Å². The molecular weight excluding hydrogens is 400 g/mol. The zero-order chi connectivity index (χ0) is 23.8. The fourth-order valence-corrected chi connectivity index (χ4v) is 2.70. The Morgan fingerprint density at radius 2 is 1.56 bits per heavy atom. The Hall–Kier alpha value is -3.73. The van der Waals surface area contributed by atoms with Crippen molar-refractivity contribution in [1.29, 1.82) is 0 Å². The molecule has 0 saturated heterocycles. The van der Waals surface area contributed by atoms with Crippen LogP contribution in [0.4, 0.5) is 5.69 Å². The average Bonchev–Trinajstić information content (AvgIpc) is 2.85. The lowest BCUT2D eigenvalue weighted by molar-refractivity contribution is 0.112. The lowest BCUT2D eigenvalue weighted by atomic mass is 10.1. The average molecular weight is 435 g/mol. The van der Waals surface area contributed by atoms with Gasteiger partial charge in [-0.2, -0.15) is 0 Å². The van der Waals surface area contributed by atoms with Crippen LogP contribution in [0.1, 0.15) is 35.3 Å². The van der Waals surface area contributed by atoms with Crippen LogP contribution in [0.15, 0.2) is 78.5 Å². The van der Waals surface area contributed by atoms with Gasteiger partial charge < -0.3 is 20.5 Å². The van der Waals surface area contributed by atoms with E-state index in [4.69, 9.17) is 15.2 Å². The number of benzene rings is 3. The van der Waals surface area contributed by atoms with Gasteiger partial charge in [0.1, 0.15) is 6.29 Å². The van der Waals surface area contributed by atoms with Crippen molar-refractivity contribution in [2.45, 2.75) is 20.8 Å². The van der Waals surface area contributed by atoms with E-state index in [0.29, 0.717) is 18.0 Å². The number of aldehydes is 1. The van der Waals surface area contributed by atoms with Crippen LogP contribution < -0.4 is 20.5 Å². The number of nitrogens with two attached hydrogens (primary N) is 1. The van der Waals surface area contributed by atoms with Gasteiger partial charge in [0.15, 0.2) is 11.5 Å². The molecule has 3 aromatic carbocycles. The topological polar surface area (TPSA) is 73.6 Å². The first kappa shape index (κ1) is 26.3. The van der Waals surface area contributed by atoms with Gasteiger partial charge in [0, 0.05) is 16.9 Å². The molecule has 0 heterocycles. The van der Waals surface area contributed by atoms with Crippen molar-refractivity contribution in [2.24, 2.45) is 5.73 Å². The first-order chi connectivity index (χ1) is 15.5. The van der Waals surface area contributed by atoms with E-state index < -0.39 is 0 Å². The lowest BCUT2D eigenvalue weighted by Gasteiger charge is -2.09. The third-order valence-corrected chi connectivity index (χ3v) is 4.21. The maximum absolute atomic E-state index is 10.0.